The second-order valence-electron chi connectivity index (χ2n) is 1.69. The molecule has 0 aromatic heterocycles. The first-order valence-corrected chi connectivity index (χ1v) is 4.41. The number of hydrogen-bond donors (Lipinski definition) is 1. The van der Waals surface area contributed by atoms with Gasteiger partial charge in [0.2, 0.25) is 0 Å². The third kappa shape index (κ3) is 7.81. The molecule has 0 aliphatic carbocycles. The van der Waals surface area contributed by atoms with Crippen molar-refractivity contribution in [2.75, 3.05) is 6.61 Å². The van der Waals surface area contributed by atoms with Crippen molar-refractivity contribution in [3.63, 3.8) is 0 Å². The van der Waals surface area contributed by atoms with Gasteiger partial charge in [0.15, 0.2) is 0 Å². The maximum atomic E-state index is 10.6. The molecular formula is C6H10LiNO4S. The van der Waals surface area contributed by atoms with Crippen LogP contribution in [-0.2, 0) is 19.1 Å². The summed E-state index contributed by atoms with van der Waals surface area (Å²) in [5, 5.41) is 2.76. The van der Waals surface area contributed by atoms with E-state index in [9.17, 15) is 13.2 Å². The Labute approximate surface area is 89.1 Å². The van der Waals surface area contributed by atoms with Crippen LogP contribution < -0.4 is 5.32 Å². The normalized spacial score (nSPS) is 9.54. The third-order valence-corrected chi connectivity index (χ3v) is 1.68. The number of hydrogen-bond acceptors (Lipinski definition) is 4. The fourth-order valence-corrected chi connectivity index (χ4v) is 0.707. The summed E-state index contributed by atoms with van der Waals surface area (Å²) in [6.45, 7) is 5.63. The first-order chi connectivity index (χ1) is 5.52. The molecule has 1 N–H and O–H groups in total. The summed E-state index contributed by atoms with van der Waals surface area (Å²) in [7, 11) is -3.76. The molecule has 0 fully saturated rings. The summed E-state index contributed by atoms with van der Waals surface area (Å²) in [4.78, 5) is 10.6. The predicted octanol–water partition coefficient (Wildman–Crippen LogP) is -0.912. The van der Waals surface area contributed by atoms with Crippen LogP contribution in [0.4, 0.5) is 0 Å². The molecule has 5 nitrogen and oxygen atoms in total. The molecule has 0 aliphatic heterocycles. The third-order valence-electron chi connectivity index (χ3n) is 0.821. The van der Waals surface area contributed by atoms with Gasteiger partial charge in [0, 0.05) is 0 Å². The molecule has 0 aromatic rings. The van der Waals surface area contributed by atoms with Gasteiger partial charge in [0.1, 0.15) is 6.61 Å². The zero-order chi connectivity index (χ0) is 9.61. The van der Waals surface area contributed by atoms with Crippen LogP contribution >= 0.6 is 0 Å². The monoisotopic (exact) mass is 199 g/mol. The molecule has 0 unspecified atom stereocenters. The van der Waals surface area contributed by atoms with E-state index in [1.54, 1.807) is 0 Å². The van der Waals surface area contributed by atoms with E-state index in [1.807, 2.05) is 0 Å². The number of carbonyl (C=O) groups is 1. The average molecular weight is 199 g/mol. The van der Waals surface area contributed by atoms with Crippen molar-refractivity contribution in [3.8, 4) is 0 Å². The van der Waals surface area contributed by atoms with Crippen molar-refractivity contribution >= 4 is 34.9 Å². The number of amides is 1. The van der Waals surface area contributed by atoms with Gasteiger partial charge >= 0.3 is 18.9 Å². The molecule has 0 radical (unpaired) electrons. The predicted molar refractivity (Wildman–Crippen MR) is 50.6 cm³/mol. The zero-order valence-electron chi connectivity index (χ0n) is 6.32. The quantitative estimate of drug-likeness (QED) is 0.459. The fraction of sp³-hybridized carbons (Fsp3) is 0.167. The maximum absolute atomic E-state index is 10.6. The van der Waals surface area contributed by atoms with E-state index in [0.29, 0.717) is 5.41 Å². The molecule has 70 valence electrons. The summed E-state index contributed by atoms with van der Waals surface area (Å²) < 4.78 is 25.3. The van der Waals surface area contributed by atoms with Gasteiger partial charge in [-0.2, -0.15) is 8.42 Å². The molecule has 0 saturated carbocycles. The first kappa shape index (κ1) is 15.0. The Morgan fingerprint density at radius 1 is 1.46 bits per heavy atom. The van der Waals surface area contributed by atoms with Gasteiger partial charge in [-0.25, -0.2) is 0 Å². The Bertz CT molecular complexity index is 285. The first-order valence-electron chi connectivity index (χ1n) is 2.94. The minimum absolute atomic E-state index is 0. The van der Waals surface area contributed by atoms with Crippen LogP contribution in [0.5, 0.6) is 0 Å². The van der Waals surface area contributed by atoms with E-state index in [1.165, 1.54) is 0 Å². The second-order valence-corrected chi connectivity index (χ2v) is 3.25. The van der Waals surface area contributed by atoms with E-state index in [4.69, 9.17) is 0 Å². The van der Waals surface area contributed by atoms with Crippen LogP contribution in [0.1, 0.15) is 0 Å². The van der Waals surface area contributed by atoms with Crippen molar-refractivity contribution < 1.29 is 17.4 Å². The molecular weight excluding hydrogens is 189 g/mol. The molecule has 0 heterocycles. The summed E-state index contributed by atoms with van der Waals surface area (Å²) in [5.41, 5.74) is 0. The summed E-state index contributed by atoms with van der Waals surface area (Å²) in [6.07, 6.45) is 1.13. The molecule has 0 aliphatic rings. The molecule has 0 saturated heterocycles. The van der Waals surface area contributed by atoms with Gasteiger partial charge in [-0.15, -0.1) is 0 Å². The van der Waals surface area contributed by atoms with Gasteiger partial charge in [-0.05, 0) is 6.20 Å². The van der Waals surface area contributed by atoms with Crippen molar-refractivity contribution in [2.24, 2.45) is 0 Å². The Morgan fingerprint density at radius 2 is 2.00 bits per heavy atom. The summed E-state index contributed by atoms with van der Waals surface area (Å²) in [5.74, 6) is -0.588. The van der Waals surface area contributed by atoms with E-state index in [-0.39, 0.29) is 18.9 Å². The SMILES string of the molecule is C=CNC(=O)COS(=O)(=O)C=C.[LiH]. The van der Waals surface area contributed by atoms with E-state index >= 15 is 0 Å². The van der Waals surface area contributed by atoms with Crippen molar-refractivity contribution in [3.05, 3.63) is 24.8 Å². The Kier molecular flexibility index (Phi) is 7.96. The molecule has 1 amide bonds. The Morgan fingerprint density at radius 3 is 2.38 bits per heavy atom. The van der Waals surface area contributed by atoms with Gasteiger partial charge in [0.25, 0.3) is 16.0 Å². The van der Waals surface area contributed by atoms with Gasteiger partial charge in [-0.1, -0.05) is 13.2 Å². The topological polar surface area (TPSA) is 72.5 Å². The molecule has 0 atom stereocenters. The number of rotatable bonds is 5. The van der Waals surface area contributed by atoms with Crippen LogP contribution in [0.3, 0.4) is 0 Å². The van der Waals surface area contributed by atoms with Crippen molar-refractivity contribution in [1.82, 2.24) is 5.32 Å². The summed E-state index contributed by atoms with van der Waals surface area (Å²) in [6, 6.07) is 0. The average Bonchev–Trinajstić information content (AvgIpc) is 2.02. The molecule has 0 bridgehead atoms. The second kappa shape index (κ2) is 6.92. The van der Waals surface area contributed by atoms with Crippen LogP contribution in [0.25, 0.3) is 0 Å². The van der Waals surface area contributed by atoms with E-state index in [0.717, 1.165) is 6.20 Å². The summed E-state index contributed by atoms with van der Waals surface area (Å²) >= 11 is 0. The zero-order valence-corrected chi connectivity index (χ0v) is 7.13. The van der Waals surface area contributed by atoms with E-state index < -0.39 is 22.6 Å². The number of carbonyl (C=O) groups excluding carboxylic acids is 1. The standard InChI is InChI=1S/C6H9NO4S.Li.H/c1-3-7-6(8)5-11-12(9,10)4-2;;/h3-4H,1-2,5H2,(H,7,8);;. The fourth-order valence-electron chi connectivity index (χ4n) is 0.339. The van der Waals surface area contributed by atoms with Crippen molar-refractivity contribution in [2.45, 2.75) is 0 Å². The molecule has 0 rings (SSSR count). The van der Waals surface area contributed by atoms with Gasteiger partial charge < -0.3 is 5.32 Å². The Balaban J connectivity index is 0. The van der Waals surface area contributed by atoms with Gasteiger partial charge in [0.05, 0.1) is 5.41 Å². The van der Waals surface area contributed by atoms with Crippen LogP contribution in [0.2, 0.25) is 0 Å². The Hall–Kier alpha value is -0.543. The van der Waals surface area contributed by atoms with Gasteiger partial charge in [-0.3, -0.25) is 8.98 Å². The molecule has 0 spiro atoms. The van der Waals surface area contributed by atoms with Crippen molar-refractivity contribution in [1.29, 1.82) is 0 Å². The van der Waals surface area contributed by atoms with Crippen LogP contribution in [0.15, 0.2) is 24.8 Å². The van der Waals surface area contributed by atoms with E-state index in [2.05, 4.69) is 22.7 Å². The number of nitrogens with one attached hydrogen (secondary N) is 1. The molecule has 13 heavy (non-hydrogen) atoms. The minimum atomic E-state index is -3.76. The van der Waals surface area contributed by atoms with Crippen LogP contribution in [-0.4, -0.2) is 39.8 Å². The van der Waals surface area contributed by atoms with Crippen LogP contribution in [0, 0.1) is 0 Å². The molecule has 0 aromatic carbocycles. The molecule has 7 heteroatoms.